The number of imidazole rings is 1. The molecule has 0 fully saturated rings. The summed E-state index contributed by atoms with van der Waals surface area (Å²) >= 11 is -1.91. The molecular weight excluding hydrogens is 517 g/mol. The van der Waals surface area contributed by atoms with Gasteiger partial charge in [0.15, 0.2) is 12.4 Å². The van der Waals surface area contributed by atoms with Crippen LogP contribution in [0.15, 0.2) is 41.7 Å². The summed E-state index contributed by atoms with van der Waals surface area (Å²) in [7, 11) is 1.48. The molecule has 1 aromatic carbocycles. The summed E-state index contributed by atoms with van der Waals surface area (Å²) in [5.74, 6) is -0.258. The zero-order valence-electron chi connectivity index (χ0n) is 20.3. The molecule has 10 nitrogen and oxygen atoms in total. The summed E-state index contributed by atoms with van der Waals surface area (Å²) in [6, 6.07) is 7.41. The van der Waals surface area contributed by atoms with Crippen molar-refractivity contribution in [1.29, 1.82) is 0 Å². The molecule has 3 rings (SSSR count). The van der Waals surface area contributed by atoms with E-state index >= 15 is 0 Å². The first-order valence-electron chi connectivity index (χ1n) is 11.1. The number of carbonyl (C=O) groups excluding carboxylic acids is 2. The zero-order valence-corrected chi connectivity index (χ0v) is 21.1. The number of alkyl halides is 3. The second-order valence-electron chi connectivity index (χ2n) is 7.73. The van der Waals surface area contributed by atoms with Gasteiger partial charge in [-0.2, -0.15) is 18.2 Å². The maximum Gasteiger partial charge on any atom is 0.508 e. The number of halogens is 3. The second kappa shape index (κ2) is 12.1. The molecule has 3 aromatic rings. The smallest absolute Gasteiger partial charge is 0.508 e. The summed E-state index contributed by atoms with van der Waals surface area (Å²) in [4.78, 5) is 34.5. The number of pyridine rings is 1. The number of hydrogen-bond acceptors (Lipinski definition) is 8. The predicted molar refractivity (Wildman–Crippen MR) is 127 cm³/mol. The van der Waals surface area contributed by atoms with Gasteiger partial charge in [-0.15, -0.1) is 0 Å². The molecule has 0 radical (unpaired) electrons. The van der Waals surface area contributed by atoms with Crippen LogP contribution in [0.25, 0.3) is 11.0 Å². The molecule has 0 aliphatic carbocycles. The van der Waals surface area contributed by atoms with Crippen molar-refractivity contribution in [3.63, 3.8) is 0 Å². The Morgan fingerprint density at radius 2 is 1.92 bits per heavy atom. The standard InChI is InChI=1S/C23H25F3N4O6S/c1-4-34-22(32)35-12-11-29(3)21(31)30-18-8-6-5-7-16(18)28-20(30)37(33)13-17-15(2)19(9-10-27-17)36-14-23(24,25)26/h5-10H,4,11-14H2,1-3H3/t37-/m1/s1. The topological polar surface area (TPSA) is 119 Å². The van der Waals surface area contributed by atoms with Crippen molar-refractivity contribution in [3.05, 3.63) is 47.8 Å². The molecular formula is C23H25F3N4O6S. The number of ether oxygens (including phenoxy) is 3. The van der Waals surface area contributed by atoms with Crippen LogP contribution >= 0.6 is 0 Å². The molecule has 1 amide bonds. The van der Waals surface area contributed by atoms with Crippen LogP contribution in [0.2, 0.25) is 0 Å². The van der Waals surface area contributed by atoms with E-state index in [2.05, 4.69) is 14.7 Å². The Kier molecular flexibility index (Phi) is 9.21. The first kappa shape index (κ1) is 28.1. The van der Waals surface area contributed by atoms with Gasteiger partial charge in [0, 0.05) is 30.0 Å². The first-order valence-corrected chi connectivity index (χ1v) is 12.4. The van der Waals surface area contributed by atoms with E-state index < -0.39 is 36.1 Å². The highest BCUT2D eigenvalue weighted by molar-refractivity contribution is 7.90. The SMILES string of the molecule is CCOC(=O)OCCN(C)C(=O)n1c([S@+]([O-])Cc2nccc(OCC(F)(F)F)c2C)nc2ccccc21. The fourth-order valence-electron chi connectivity index (χ4n) is 3.24. The number of likely N-dealkylation sites (N-methyl/N-ethyl adjacent to an activating group) is 1. The molecule has 0 aliphatic rings. The van der Waals surface area contributed by atoms with Gasteiger partial charge in [0.05, 0.1) is 29.9 Å². The minimum Gasteiger partial charge on any atom is -0.609 e. The van der Waals surface area contributed by atoms with E-state index in [-0.39, 0.29) is 42.1 Å². The van der Waals surface area contributed by atoms with Crippen molar-refractivity contribution in [2.24, 2.45) is 0 Å². The van der Waals surface area contributed by atoms with Gasteiger partial charge < -0.3 is 23.7 Å². The van der Waals surface area contributed by atoms with Crippen molar-refractivity contribution in [3.8, 4) is 5.75 Å². The Labute approximate surface area is 213 Å². The monoisotopic (exact) mass is 542 g/mol. The Balaban J connectivity index is 1.83. The first-order chi connectivity index (χ1) is 17.5. The lowest BCUT2D eigenvalue weighted by Crippen LogP contribution is -2.35. The van der Waals surface area contributed by atoms with E-state index in [1.165, 1.54) is 35.7 Å². The third kappa shape index (κ3) is 7.26. The van der Waals surface area contributed by atoms with Gasteiger partial charge in [0.2, 0.25) is 0 Å². The lowest BCUT2D eigenvalue weighted by Gasteiger charge is -2.19. The average molecular weight is 543 g/mol. The van der Waals surface area contributed by atoms with E-state index in [0.29, 0.717) is 16.6 Å². The summed E-state index contributed by atoms with van der Waals surface area (Å²) in [6.45, 7) is 1.71. The average Bonchev–Trinajstić information content (AvgIpc) is 3.23. The number of fused-ring (bicyclic) bond motifs is 1. The van der Waals surface area contributed by atoms with Gasteiger partial charge in [-0.3, -0.25) is 4.98 Å². The lowest BCUT2D eigenvalue weighted by atomic mass is 10.2. The number of para-hydroxylation sites is 2. The number of hydrogen-bond donors (Lipinski definition) is 0. The van der Waals surface area contributed by atoms with Gasteiger partial charge in [0.1, 0.15) is 12.4 Å². The number of aromatic nitrogens is 3. The van der Waals surface area contributed by atoms with Gasteiger partial charge in [-0.05, 0) is 32.0 Å². The van der Waals surface area contributed by atoms with Gasteiger partial charge in [-0.25, -0.2) is 14.2 Å². The van der Waals surface area contributed by atoms with Crippen molar-refractivity contribution in [2.45, 2.75) is 30.9 Å². The predicted octanol–water partition coefficient (Wildman–Crippen LogP) is 4.06. The van der Waals surface area contributed by atoms with E-state index in [1.807, 2.05) is 0 Å². The molecule has 0 saturated heterocycles. The summed E-state index contributed by atoms with van der Waals surface area (Å²) < 4.78 is 66.7. The van der Waals surface area contributed by atoms with E-state index in [1.54, 1.807) is 31.2 Å². The van der Waals surface area contributed by atoms with Crippen LogP contribution in [-0.4, -0.2) is 75.8 Å². The minimum atomic E-state index is -4.52. The third-order valence-corrected chi connectivity index (χ3v) is 6.29. The van der Waals surface area contributed by atoms with Crippen molar-refractivity contribution < 1.29 is 41.5 Å². The normalized spacial score (nSPS) is 12.3. The van der Waals surface area contributed by atoms with Crippen molar-refractivity contribution in [1.82, 2.24) is 19.4 Å². The van der Waals surface area contributed by atoms with E-state index in [0.717, 1.165) is 0 Å². The maximum atomic E-state index is 13.4. The largest absolute Gasteiger partial charge is 0.609 e. The minimum absolute atomic E-state index is 0.0233. The van der Waals surface area contributed by atoms with Gasteiger partial charge >= 0.3 is 23.5 Å². The van der Waals surface area contributed by atoms with Gasteiger partial charge in [0.25, 0.3) is 0 Å². The third-order valence-electron chi connectivity index (χ3n) is 5.08. The number of nitrogens with zero attached hydrogens (tertiary/aromatic N) is 4. The van der Waals surface area contributed by atoms with Crippen LogP contribution in [0.4, 0.5) is 22.8 Å². The van der Waals surface area contributed by atoms with Crippen molar-refractivity contribution >= 4 is 34.4 Å². The molecule has 0 unspecified atom stereocenters. The molecule has 0 saturated carbocycles. The Bertz CT molecular complexity index is 1250. The summed E-state index contributed by atoms with van der Waals surface area (Å²) in [5, 5.41) is -0.0628. The summed E-state index contributed by atoms with van der Waals surface area (Å²) in [6.07, 6.45) is -4.11. The maximum absolute atomic E-state index is 13.4. The number of carbonyl (C=O) groups is 2. The fourth-order valence-corrected chi connectivity index (χ4v) is 4.49. The Hall–Kier alpha value is -3.52. The van der Waals surface area contributed by atoms with E-state index in [4.69, 9.17) is 9.47 Å². The number of rotatable bonds is 9. The van der Waals surface area contributed by atoms with Crippen LogP contribution < -0.4 is 4.74 Å². The van der Waals surface area contributed by atoms with Crippen LogP contribution in [0.5, 0.6) is 5.75 Å². The molecule has 0 bridgehead atoms. The molecule has 0 N–H and O–H groups in total. The van der Waals surface area contributed by atoms with Crippen LogP contribution in [0.3, 0.4) is 0 Å². The molecule has 2 heterocycles. The molecule has 200 valence electrons. The van der Waals surface area contributed by atoms with Crippen LogP contribution in [-0.2, 0) is 26.4 Å². The molecule has 0 aliphatic heterocycles. The highest BCUT2D eigenvalue weighted by Gasteiger charge is 2.31. The highest BCUT2D eigenvalue weighted by atomic mass is 32.2. The highest BCUT2D eigenvalue weighted by Crippen LogP contribution is 2.27. The Morgan fingerprint density at radius 1 is 1.19 bits per heavy atom. The Morgan fingerprint density at radius 3 is 2.62 bits per heavy atom. The molecule has 0 spiro atoms. The second-order valence-corrected chi connectivity index (χ2v) is 9.07. The fraction of sp³-hybridized carbons (Fsp3) is 0.391. The van der Waals surface area contributed by atoms with Crippen LogP contribution in [0.1, 0.15) is 18.2 Å². The molecule has 1 atom stereocenters. The number of amides is 1. The van der Waals surface area contributed by atoms with Crippen LogP contribution in [0, 0.1) is 6.92 Å². The van der Waals surface area contributed by atoms with E-state index in [9.17, 15) is 27.3 Å². The van der Waals surface area contributed by atoms with Crippen molar-refractivity contribution in [2.75, 3.05) is 33.4 Å². The lowest BCUT2D eigenvalue weighted by molar-refractivity contribution is -0.153. The molecule has 2 aromatic heterocycles. The zero-order chi connectivity index (χ0) is 27.2. The molecule has 37 heavy (non-hydrogen) atoms. The van der Waals surface area contributed by atoms with Gasteiger partial charge in [-0.1, -0.05) is 12.1 Å². The quantitative estimate of drug-likeness (QED) is 0.293. The molecule has 14 heteroatoms. The number of benzene rings is 1. The summed E-state index contributed by atoms with van der Waals surface area (Å²) in [5.41, 5.74) is 1.35.